The van der Waals surface area contributed by atoms with Crippen LogP contribution < -0.4 is 5.32 Å². The lowest BCUT2D eigenvalue weighted by Gasteiger charge is -1.99. The Morgan fingerprint density at radius 1 is 1.60 bits per heavy atom. The van der Waals surface area contributed by atoms with Crippen molar-refractivity contribution in [3.63, 3.8) is 0 Å². The SMILES string of the molecule is CNc1ccnc(SC)c1. The number of rotatable bonds is 2. The maximum absolute atomic E-state index is 4.13. The molecule has 0 aliphatic heterocycles. The number of nitrogens with zero attached hydrogens (tertiary/aromatic N) is 1. The minimum absolute atomic E-state index is 1.05. The molecule has 1 heterocycles. The molecule has 0 spiro atoms. The van der Waals surface area contributed by atoms with Crippen LogP contribution in [0.25, 0.3) is 0 Å². The van der Waals surface area contributed by atoms with Gasteiger partial charge in [0.25, 0.3) is 0 Å². The van der Waals surface area contributed by atoms with E-state index in [0.717, 1.165) is 10.7 Å². The molecule has 0 radical (unpaired) electrons. The summed E-state index contributed by atoms with van der Waals surface area (Å²) in [4.78, 5) is 4.13. The molecule has 0 amide bonds. The minimum Gasteiger partial charge on any atom is -0.388 e. The highest BCUT2D eigenvalue weighted by Crippen LogP contribution is 2.14. The molecule has 0 unspecified atom stereocenters. The van der Waals surface area contributed by atoms with Crippen LogP contribution in [0.3, 0.4) is 0 Å². The van der Waals surface area contributed by atoms with Crippen molar-refractivity contribution in [1.82, 2.24) is 4.98 Å². The Bertz CT molecular complexity index is 193. The standard InChI is InChI=1S/C7H10N2S/c1-8-6-3-4-9-7(5-6)10-2/h3-5H,1-2H3,(H,8,9). The van der Waals surface area contributed by atoms with Crippen LogP contribution >= 0.6 is 11.8 Å². The van der Waals surface area contributed by atoms with Gasteiger partial charge in [-0.2, -0.15) is 0 Å². The van der Waals surface area contributed by atoms with Crippen LogP contribution in [0, 0.1) is 0 Å². The van der Waals surface area contributed by atoms with Crippen molar-refractivity contribution in [2.24, 2.45) is 0 Å². The van der Waals surface area contributed by atoms with Crippen LogP contribution in [0.15, 0.2) is 23.4 Å². The van der Waals surface area contributed by atoms with Gasteiger partial charge in [-0.3, -0.25) is 0 Å². The second-order valence-corrected chi connectivity index (χ2v) is 2.66. The highest BCUT2D eigenvalue weighted by Gasteiger charge is 1.90. The molecule has 0 saturated heterocycles. The molecule has 0 aliphatic rings. The normalized spacial score (nSPS) is 9.40. The summed E-state index contributed by atoms with van der Waals surface area (Å²) in [5.74, 6) is 0. The quantitative estimate of drug-likeness (QED) is 0.658. The van der Waals surface area contributed by atoms with Crippen molar-refractivity contribution < 1.29 is 0 Å². The van der Waals surface area contributed by atoms with E-state index in [1.165, 1.54) is 0 Å². The van der Waals surface area contributed by atoms with Crippen LogP contribution in [0.5, 0.6) is 0 Å². The molecule has 1 rings (SSSR count). The topological polar surface area (TPSA) is 24.9 Å². The van der Waals surface area contributed by atoms with Gasteiger partial charge in [0.05, 0.1) is 5.03 Å². The molecule has 0 bridgehead atoms. The maximum atomic E-state index is 4.13. The zero-order chi connectivity index (χ0) is 7.40. The summed E-state index contributed by atoms with van der Waals surface area (Å²) in [7, 11) is 1.90. The largest absolute Gasteiger partial charge is 0.388 e. The van der Waals surface area contributed by atoms with Crippen molar-refractivity contribution in [3.05, 3.63) is 18.3 Å². The number of nitrogens with one attached hydrogen (secondary N) is 1. The lowest BCUT2D eigenvalue weighted by atomic mass is 10.4. The molecule has 0 fully saturated rings. The second kappa shape index (κ2) is 3.46. The first kappa shape index (κ1) is 7.41. The molecule has 0 aliphatic carbocycles. The van der Waals surface area contributed by atoms with Gasteiger partial charge in [0.1, 0.15) is 0 Å². The van der Waals surface area contributed by atoms with Crippen molar-refractivity contribution >= 4 is 17.4 Å². The fourth-order valence-electron chi connectivity index (χ4n) is 0.677. The predicted octanol–water partition coefficient (Wildman–Crippen LogP) is 1.85. The Balaban J connectivity index is 2.87. The van der Waals surface area contributed by atoms with Gasteiger partial charge in [-0.1, -0.05) is 0 Å². The number of hydrogen-bond donors (Lipinski definition) is 1. The first-order chi connectivity index (χ1) is 4.86. The first-order valence-corrected chi connectivity index (χ1v) is 4.27. The molecule has 2 nitrogen and oxygen atoms in total. The Hall–Kier alpha value is -0.700. The number of pyridine rings is 1. The molecule has 54 valence electrons. The van der Waals surface area contributed by atoms with Gasteiger partial charge in [0.2, 0.25) is 0 Å². The highest BCUT2D eigenvalue weighted by molar-refractivity contribution is 7.98. The van der Waals surface area contributed by atoms with Crippen molar-refractivity contribution in [1.29, 1.82) is 0 Å². The molecule has 0 aromatic carbocycles. The zero-order valence-corrected chi connectivity index (χ0v) is 6.90. The Kier molecular flexibility index (Phi) is 2.57. The Morgan fingerprint density at radius 2 is 2.40 bits per heavy atom. The summed E-state index contributed by atoms with van der Waals surface area (Å²) in [5, 5.41) is 4.10. The summed E-state index contributed by atoms with van der Waals surface area (Å²) in [6.45, 7) is 0. The number of hydrogen-bond acceptors (Lipinski definition) is 3. The number of thioether (sulfide) groups is 1. The van der Waals surface area contributed by atoms with Gasteiger partial charge in [-0.25, -0.2) is 4.98 Å². The Morgan fingerprint density at radius 3 is 3.00 bits per heavy atom. The van der Waals surface area contributed by atoms with Crippen LogP contribution in [0.4, 0.5) is 5.69 Å². The van der Waals surface area contributed by atoms with Gasteiger partial charge in [0.15, 0.2) is 0 Å². The Labute approximate surface area is 65.1 Å². The van der Waals surface area contributed by atoms with E-state index in [1.54, 1.807) is 18.0 Å². The summed E-state index contributed by atoms with van der Waals surface area (Å²) in [6, 6.07) is 3.96. The van der Waals surface area contributed by atoms with Gasteiger partial charge < -0.3 is 5.32 Å². The van der Waals surface area contributed by atoms with Crippen LogP contribution in [-0.2, 0) is 0 Å². The molecule has 1 aromatic rings. The zero-order valence-electron chi connectivity index (χ0n) is 6.09. The summed E-state index contributed by atoms with van der Waals surface area (Å²) >= 11 is 1.65. The molecule has 1 N–H and O–H groups in total. The molecular formula is C7H10N2S. The van der Waals surface area contributed by atoms with E-state index in [0.29, 0.717) is 0 Å². The van der Waals surface area contributed by atoms with Crippen molar-refractivity contribution in [2.45, 2.75) is 5.03 Å². The fourth-order valence-corrected chi connectivity index (χ4v) is 1.09. The van der Waals surface area contributed by atoms with E-state index in [-0.39, 0.29) is 0 Å². The maximum Gasteiger partial charge on any atom is 0.0977 e. The summed E-state index contributed by atoms with van der Waals surface area (Å²) in [5.41, 5.74) is 1.11. The highest BCUT2D eigenvalue weighted by atomic mass is 32.2. The van der Waals surface area contributed by atoms with E-state index in [1.807, 2.05) is 25.4 Å². The molecule has 0 atom stereocenters. The third kappa shape index (κ3) is 1.64. The molecule has 0 saturated carbocycles. The minimum atomic E-state index is 1.05. The number of anilines is 1. The predicted molar refractivity (Wildman–Crippen MR) is 45.6 cm³/mol. The lowest BCUT2D eigenvalue weighted by Crippen LogP contribution is -1.88. The van der Waals surface area contributed by atoms with E-state index in [4.69, 9.17) is 0 Å². The van der Waals surface area contributed by atoms with E-state index >= 15 is 0 Å². The van der Waals surface area contributed by atoms with Gasteiger partial charge in [-0.15, -0.1) is 11.8 Å². The van der Waals surface area contributed by atoms with E-state index in [9.17, 15) is 0 Å². The van der Waals surface area contributed by atoms with Crippen molar-refractivity contribution in [2.75, 3.05) is 18.6 Å². The van der Waals surface area contributed by atoms with Crippen LogP contribution in [-0.4, -0.2) is 18.3 Å². The first-order valence-electron chi connectivity index (χ1n) is 3.04. The second-order valence-electron chi connectivity index (χ2n) is 1.84. The van der Waals surface area contributed by atoms with Crippen molar-refractivity contribution in [3.8, 4) is 0 Å². The lowest BCUT2D eigenvalue weighted by molar-refractivity contribution is 1.14. The van der Waals surface area contributed by atoms with Crippen LogP contribution in [0.1, 0.15) is 0 Å². The smallest absolute Gasteiger partial charge is 0.0977 e. The molecule has 1 aromatic heterocycles. The average molecular weight is 154 g/mol. The van der Waals surface area contributed by atoms with E-state index < -0.39 is 0 Å². The van der Waals surface area contributed by atoms with Gasteiger partial charge >= 0.3 is 0 Å². The van der Waals surface area contributed by atoms with Gasteiger partial charge in [0, 0.05) is 18.9 Å². The summed E-state index contributed by atoms with van der Waals surface area (Å²) in [6.07, 6.45) is 3.82. The molecule has 3 heteroatoms. The van der Waals surface area contributed by atoms with E-state index in [2.05, 4.69) is 10.3 Å². The fraction of sp³-hybridized carbons (Fsp3) is 0.286. The number of aromatic nitrogens is 1. The third-order valence-electron chi connectivity index (χ3n) is 1.23. The third-order valence-corrected chi connectivity index (χ3v) is 1.87. The average Bonchev–Trinajstić information content (AvgIpc) is 2.05. The summed E-state index contributed by atoms with van der Waals surface area (Å²) < 4.78 is 0. The monoisotopic (exact) mass is 154 g/mol. The molecule has 10 heavy (non-hydrogen) atoms. The van der Waals surface area contributed by atoms with Gasteiger partial charge in [-0.05, 0) is 18.4 Å². The molecular weight excluding hydrogens is 144 g/mol. The van der Waals surface area contributed by atoms with Crippen LogP contribution in [0.2, 0.25) is 0 Å².